The lowest BCUT2D eigenvalue weighted by Crippen LogP contribution is -1.88. The molecule has 410 valence electrons. The molecule has 0 aromatic heterocycles. The fraction of sp³-hybridized carbons (Fsp3) is 0.984. The summed E-state index contributed by atoms with van der Waals surface area (Å²) in [7, 11) is 1.35. The van der Waals surface area contributed by atoms with Gasteiger partial charge in [0.05, 0.1) is 7.11 Å². The van der Waals surface area contributed by atoms with Gasteiger partial charge in [0.2, 0.25) is 0 Å². The number of hydrogen-bond donors (Lipinski definition) is 0. The van der Waals surface area contributed by atoms with Gasteiger partial charge in [0.1, 0.15) is 0 Å². The van der Waals surface area contributed by atoms with Crippen LogP contribution in [0.4, 0.5) is 0 Å². The van der Waals surface area contributed by atoms with Crippen molar-refractivity contribution in [2.45, 2.75) is 402 Å². The highest BCUT2D eigenvalue weighted by atomic mass is 16.5. The number of ether oxygens (including phenoxy) is 1. The molecule has 0 unspecified atom stereocenters. The van der Waals surface area contributed by atoms with Gasteiger partial charge in [-0.3, -0.25) is 4.79 Å². The second-order valence-electron chi connectivity index (χ2n) is 17.8. The zero-order valence-electron chi connectivity index (χ0n) is 51.6. The molecule has 0 spiro atoms. The molecule has 0 saturated heterocycles. The first-order valence-electron chi connectivity index (χ1n) is 30.5. The summed E-state index contributed by atoms with van der Waals surface area (Å²) in [6.45, 7) is 46.0. The third kappa shape index (κ3) is 242. The summed E-state index contributed by atoms with van der Waals surface area (Å²) in [5.41, 5.74) is 0. The molecule has 65 heavy (non-hydrogen) atoms. The van der Waals surface area contributed by atoms with Crippen molar-refractivity contribution < 1.29 is 9.53 Å². The van der Waals surface area contributed by atoms with Crippen molar-refractivity contribution in [3.05, 3.63) is 0 Å². The van der Waals surface area contributed by atoms with Gasteiger partial charge in [-0.1, -0.05) is 395 Å². The van der Waals surface area contributed by atoms with Gasteiger partial charge in [0, 0.05) is 6.92 Å². The van der Waals surface area contributed by atoms with E-state index in [1.165, 1.54) is 271 Å². The van der Waals surface area contributed by atoms with Crippen LogP contribution in [0.3, 0.4) is 0 Å². The molecule has 0 saturated carbocycles. The SMILES string of the molecule is CCCCCC.CCCCCC.CCCCCC.CCCCCC.CCCCCC.CCCCCC.CCCCCC.CCCCCC.CCCCCC.CCCCCC.COC(C)=O. The van der Waals surface area contributed by atoms with Gasteiger partial charge < -0.3 is 4.74 Å². The first-order valence-corrected chi connectivity index (χ1v) is 30.5. The van der Waals surface area contributed by atoms with Crippen LogP contribution in [0.5, 0.6) is 0 Å². The Balaban J connectivity index is -0.0000000548. The van der Waals surface area contributed by atoms with Crippen LogP contribution in [0.1, 0.15) is 402 Å². The molecule has 0 rings (SSSR count). The Bertz CT molecular complexity index is 358. The Hall–Kier alpha value is -0.530. The van der Waals surface area contributed by atoms with E-state index in [9.17, 15) is 4.79 Å². The Kier molecular flexibility index (Phi) is 183. The van der Waals surface area contributed by atoms with E-state index in [0.29, 0.717) is 0 Å². The van der Waals surface area contributed by atoms with Crippen LogP contribution in [0.25, 0.3) is 0 Å². The molecule has 0 atom stereocenters. The molecule has 0 amide bonds. The van der Waals surface area contributed by atoms with Crippen LogP contribution in [0, 0.1) is 0 Å². The maximum Gasteiger partial charge on any atom is 0.302 e. The summed E-state index contributed by atoms with van der Waals surface area (Å²) in [6.07, 6.45) is 55.4. The van der Waals surface area contributed by atoms with E-state index in [2.05, 4.69) is 143 Å². The Morgan fingerprint density at radius 1 is 0.200 bits per heavy atom. The number of methoxy groups -OCH3 is 1. The summed E-state index contributed by atoms with van der Waals surface area (Å²) in [6, 6.07) is 0. The van der Waals surface area contributed by atoms with E-state index in [-0.39, 0.29) is 5.97 Å². The standard InChI is InChI=1S/10C6H14.C3H6O2/c10*1-3-5-6-4-2;1-3(4)5-2/h10*3-6H2,1-2H3;1-2H3. The maximum absolute atomic E-state index is 9.59. The minimum atomic E-state index is -0.245. The van der Waals surface area contributed by atoms with Crippen LogP contribution in [-0.4, -0.2) is 13.1 Å². The first kappa shape index (κ1) is 90.8. The topological polar surface area (TPSA) is 26.3 Å². The second-order valence-corrected chi connectivity index (χ2v) is 17.8. The van der Waals surface area contributed by atoms with Crippen molar-refractivity contribution in [2.24, 2.45) is 0 Å². The van der Waals surface area contributed by atoms with Crippen LogP contribution in [-0.2, 0) is 9.53 Å². The molecular formula is C63H146O2. The van der Waals surface area contributed by atoms with E-state index in [1.54, 1.807) is 0 Å². The number of carbonyl (C=O) groups excluding carboxylic acids is 1. The summed E-state index contributed by atoms with van der Waals surface area (Å²) in [4.78, 5) is 9.59. The predicted molar refractivity (Wildman–Crippen MR) is 316 cm³/mol. The third-order valence-electron chi connectivity index (χ3n) is 9.86. The Morgan fingerprint density at radius 3 is 0.262 bits per heavy atom. The summed E-state index contributed by atoms with van der Waals surface area (Å²) in [5.74, 6) is -0.245. The van der Waals surface area contributed by atoms with Gasteiger partial charge in [-0.15, -0.1) is 0 Å². The lowest BCUT2D eigenvalue weighted by molar-refractivity contribution is -0.137. The fourth-order valence-corrected chi connectivity index (χ4v) is 5.00. The normalized spacial score (nSPS) is 8.83. The van der Waals surface area contributed by atoms with Crippen molar-refractivity contribution in [1.29, 1.82) is 0 Å². The minimum Gasteiger partial charge on any atom is -0.469 e. The monoisotopic (exact) mass is 935 g/mol. The number of rotatable bonds is 30. The van der Waals surface area contributed by atoms with Gasteiger partial charge in [-0.25, -0.2) is 0 Å². The molecule has 0 aromatic carbocycles. The van der Waals surface area contributed by atoms with Gasteiger partial charge in [-0.2, -0.15) is 0 Å². The largest absolute Gasteiger partial charge is 0.469 e. The van der Waals surface area contributed by atoms with Crippen LogP contribution < -0.4 is 0 Å². The highest BCUT2D eigenvalue weighted by molar-refractivity contribution is 5.65. The van der Waals surface area contributed by atoms with Crippen LogP contribution in [0.15, 0.2) is 0 Å². The quantitative estimate of drug-likeness (QED) is 0.0530. The number of carbonyl (C=O) groups is 1. The number of hydrogen-bond acceptors (Lipinski definition) is 2. The van der Waals surface area contributed by atoms with E-state index in [1.807, 2.05) is 0 Å². The highest BCUT2D eigenvalue weighted by Gasteiger charge is 1.80. The molecule has 0 N–H and O–H groups in total. The van der Waals surface area contributed by atoms with Crippen molar-refractivity contribution >= 4 is 5.97 Å². The van der Waals surface area contributed by atoms with Crippen LogP contribution >= 0.6 is 0 Å². The van der Waals surface area contributed by atoms with Gasteiger partial charge >= 0.3 is 5.97 Å². The summed E-state index contributed by atoms with van der Waals surface area (Å²) < 4.78 is 4.11. The lowest BCUT2D eigenvalue weighted by atomic mass is 10.2. The number of esters is 1. The Morgan fingerprint density at radius 2 is 0.246 bits per heavy atom. The van der Waals surface area contributed by atoms with E-state index in [0.717, 1.165) is 0 Å². The second kappa shape index (κ2) is 131. The summed E-state index contributed by atoms with van der Waals surface area (Å²) >= 11 is 0. The molecule has 0 aliphatic rings. The van der Waals surface area contributed by atoms with E-state index >= 15 is 0 Å². The molecule has 2 nitrogen and oxygen atoms in total. The van der Waals surface area contributed by atoms with Gasteiger partial charge in [0.25, 0.3) is 0 Å². The molecular weight excluding hydrogens is 789 g/mol. The molecule has 0 aliphatic carbocycles. The van der Waals surface area contributed by atoms with Crippen molar-refractivity contribution in [2.75, 3.05) is 7.11 Å². The van der Waals surface area contributed by atoms with Crippen molar-refractivity contribution in [3.8, 4) is 0 Å². The highest BCUT2D eigenvalue weighted by Crippen LogP contribution is 2.00. The molecule has 0 heterocycles. The number of unbranched alkanes of at least 4 members (excludes halogenated alkanes) is 30. The molecule has 0 aliphatic heterocycles. The average molecular weight is 936 g/mol. The Labute approximate surface area is 423 Å². The fourth-order valence-electron chi connectivity index (χ4n) is 5.00. The predicted octanol–water partition coefficient (Wildman–Crippen LogP) is 26.0. The average Bonchev–Trinajstić information content (AvgIpc) is 3.34. The maximum atomic E-state index is 9.59. The zero-order valence-corrected chi connectivity index (χ0v) is 51.6. The van der Waals surface area contributed by atoms with E-state index in [4.69, 9.17) is 0 Å². The van der Waals surface area contributed by atoms with Gasteiger partial charge in [0.15, 0.2) is 0 Å². The smallest absolute Gasteiger partial charge is 0.302 e. The zero-order chi connectivity index (χ0) is 52.6. The van der Waals surface area contributed by atoms with Gasteiger partial charge in [-0.05, 0) is 0 Å². The van der Waals surface area contributed by atoms with Crippen LogP contribution in [0.2, 0.25) is 0 Å². The lowest BCUT2D eigenvalue weighted by Gasteiger charge is -1.86. The molecule has 0 aromatic rings. The molecule has 0 radical (unpaired) electrons. The molecule has 0 bridgehead atoms. The third-order valence-corrected chi connectivity index (χ3v) is 9.86. The minimum absolute atomic E-state index is 0.245. The van der Waals surface area contributed by atoms with Crippen molar-refractivity contribution in [1.82, 2.24) is 0 Å². The molecule has 2 heteroatoms. The van der Waals surface area contributed by atoms with E-state index < -0.39 is 0 Å². The first-order chi connectivity index (χ1) is 31.4. The van der Waals surface area contributed by atoms with Crippen molar-refractivity contribution in [3.63, 3.8) is 0 Å². The summed E-state index contributed by atoms with van der Waals surface area (Å²) in [5, 5.41) is 0. The molecule has 0 fully saturated rings.